The Labute approximate surface area is 97.7 Å². The Balaban J connectivity index is 2.99. The zero-order chi connectivity index (χ0) is 12.2. The quantitative estimate of drug-likeness (QED) is 0.683. The van der Waals surface area contributed by atoms with Gasteiger partial charge in [0.1, 0.15) is 0 Å². The van der Waals surface area contributed by atoms with Crippen LogP contribution >= 0.6 is 11.6 Å². The van der Waals surface area contributed by atoms with Gasteiger partial charge in [0.25, 0.3) is 0 Å². The SMILES string of the molecule is Cc1ccc(C=CCCCl)cc1C(F)(F)F. The Morgan fingerprint density at radius 1 is 1.31 bits per heavy atom. The Morgan fingerprint density at radius 2 is 2.00 bits per heavy atom. The lowest BCUT2D eigenvalue weighted by atomic mass is 10.0. The van der Waals surface area contributed by atoms with Gasteiger partial charge in [-0.05, 0) is 30.5 Å². The van der Waals surface area contributed by atoms with Gasteiger partial charge < -0.3 is 0 Å². The number of aryl methyl sites for hydroxylation is 1. The van der Waals surface area contributed by atoms with Crippen LogP contribution in [0, 0.1) is 6.92 Å². The summed E-state index contributed by atoms with van der Waals surface area (Å²) in [6.07, 6.45) is -0.230. The zero-order valence-electron chi connectivity index (χ0n) is 8.81. The van der Waals surface area contributed by atoms with E-state index in [9.17, 15) is 13.2 Å². The van der Waals surface area contributed by atoms with Crippen LogP contribution in [0.25, 0.3) is 6.08 Å². The van der Waals surface area contributed by atoms with Crippen molar-refractivity contribution < 1.29 is 13.2 Å². The smallest absolute Gasteiger partial charge is 0.166 e. The standard InChI is InChI=1S/C12H12ClF3/c1-9-5-6-10(4-2-3-7-13)8-11(9)12(14,15)16/h2,4-6,8H,3,7H2,1H3. The van der Waals surface area contributed by atoms with Gasteiger partial charge in [-0.15, -0.1) is 11.6 Å². The van der Waals surface area contributed by atoms with E-state index in [4.69, 9.17) is 11.6 Å². The molecule has 1 aromatic carbocycles. The summed E-state index contributed by atoms with van der Waals surface area (Å²) in [5.74, 6) is 0.467. The van der Waals surface area contributed by atoms with E-state index in [2.05, 4.69) is 0 Å². The van der Waals surface area contributed by atoms with E-state index in [1.807, 2.05) is 0 Å². The molecular formula is C12H12ClF3. The minimum absolute atomic E-state index is 0.238. The first kappa shape index (κ1) is 13.1. The molecule has 1 aromatic rings. The van der Waals surface area contributed by atoms with E-state index in [0.717, 1.165) is 6.07 Å². The first-order chi connectivity index (χ1) is 7.45. The maximum absolute atomic E-state index is 12.6. The lowest BCUT2D eigenvalue weighted by Gasteiger charge is -2.10. The molecule has 0 fully saturated rings. The van der Waals surface area contributed by atoms with Crippen molar-refractivity contribution in [2.24, 2.45) is 0 Å². The van der Waals surface area contributed by atoms with Gasteiger partial charge in [-0.3, -0.25) is 0 Å². The number of rotatable bonds is 3. The number of allylic oxidation sites excluding steroid dienone is 1. The van der Waals surface area contributed by atoms with Crippen molar-refractivity contribution in [3.8, 4) is 0 Å². The third kappa shape index (κ3) is 3.56. The minimum atomic E-state index is -4.29. The molecule has 0 heterocycles. The average Bonchev–Trinajstić information content (AvgIpc) is 2.19. The minimum Gasteiger partial charge on any atom is -0.166 e. The molecule has 16 heavy (non-hydrogen) atoms. The molecule has 0 bridgehead atoms. The van der Waals surface area contributed by atoms with Gasteiger partial charge in [-0.25, -0.2) is 0 Å². The van der Waals surface area contributed by atoms with Crippen molar-refractivity contribution in [3.63, 3.8) is 0 Å². The van der Waals surface area contributed by atoms with Crippen molar-refractivity contribution in [1.29, 1.82) is 0 Å². The summed E-state index contributed by atoms with van der Waals surface area (Å²) in [7, 11) is 0. The van der Waals surface area contributed by atoms with Crippen molar-refractivity contribution >= 4 is 17.7 Å². The molecule has 0 aliphatic carbocycles. The van der Waals surface area contributed by atoms with Crippen LogP contribution in [0.2, 0.25) is 0 Å². The fourth-order valence-electron chi connectivity index (χ4n) is 1.33. The highest BCUT2D eigenvalue weighted by Crippen LogP contribution is 2.32. The van der Waals surface area contributed by atoms with Crippen molar-refractivity contribution in [2.75, 3.05) is 5.88 Å². The van der Waals surface area contributed by atoms with Crippen LogP contribution in [0.1, 0.15) is 23.1 Å². The summed E-state index contributed by atoms with van der Waals surface area (Å²) in [5.41, 5.74) is 0.200. The number of benzene rings is 1. The van der Waals surface area contributed by atoms with E-state index in [1.54, 1.807) is 18.2 Å². The molecule has 0 unspecified atom stereocenters. The van der Waals surface area contributed by atoms with Crippen molar-refractivity contribution in [2.45, 2.75) is 19.5 Å². The van der Waals surface area contributed by atoms with Crippen molar-refractivity contribution in [1.82, 2.24) is 0 Å². The second-order valence-electron chi connectivity index (χ2n) is 3.45. The van der Waals surface area contributed by atoms with Crippen LogP contribution in [-0.2, 0) is 6.18 Å². The van der Waals surface area contributed by atoms with Crippen LogP contribution in [-0.4, -0.2) is 5.88 Å². The largest absolute Gasteiger partial charge is 0.416 e. The van der Waals surface area contributed by atoms with Gasteiger partial charge in [0.15, 0.2) is 0 Å². The molecule has 0 amide bonds. The first-order valence-electron chi connectivity index (χ1n) is 4.85. The Hall–Kier alpha value is -0.960. The highest BCUT2D eigenvalue weighted by molar-refractivity contribution is 6.17. The topological polar surface area (TPSA) is 0 Å². The van der Waals surface area contributed by atoms with E-state index in [-0.39, 0.29) is 5.56 Å². The van der Waals surface area contributed by atoms with Gasteiger partial charge in [0, 0.05) is 5.88 Å². The molecule has 0 saturated heterocycles. The summed E-state index contributed by atoms with van der Waals surface area (Å²) < 4.78 is 37.7. The Bertz CT molecular complexity index is 380. The Kier molecular flexibility index (Phi) is 4.42. The molecule has 0 aliphatic rings. The van der Waals surface area contributed by atoms with E-state index in [0.29, 0.717) is 17.9 Å². The molecule has 0 aliphatic heterocycles. The Morgan fingerprint density at radius 3 is 2.56 bits per heavy atom. The summed E-state index contributed by atoms with van der Waals surface area (Å²) in [4.78, 5) is 0. The summed E-state index contributed by atoms with van der Waals surface area (Å²) in [6, 6.07) is 4.29. The summed E-state index contributed by atoms with van der Waals surface area (Å²) >= 11 is 5.47. The normalized spacial score (nSPS) is 12.3. The number of hydrogen-bond donors (Lipinski definition) is 0. The second-order valence-corrected chi connectivity index (χ2v) is 3.83. The predicted octanol–water partition coefficient (Wildman–Crippen LogP) is 4.66. The maximum Gasteiger partial charge on any atom is 0.416 e. The third-order valence-electron chi connectivity index (χ3n) is 2.15. The van der Waals surface area contributed by atoms with Gasteiger partial charge in [0.2, 0.25) is 0 Å². The van der Waals surface area contributed by atoms with Crippen LogP contribution in [0.4, 0.5) is 13.2 Å². The summed E-state index contributed by atoms with van der Waals surface area (Å²) in [5, 5.41) is 0. The molecule has 0 N–H and O–H groups in total. The number of hydrogen-bond acceptors (Lipinski definition) is 0. The van der Waals surface area contributed by atoms with Crippen molar-refractivity contribution in [3.05, 3.63) is 41.0 Å². The molecule has 0 atom stereocenters. The monoisotopic (exact) mass is 248 g/mol. The molecule has 0 spiro atoms. The van der Waals surface area contributed by atoms with E-state index < -0.39 is 11.7 Å². The van der Waals surface area contributed by atoms with Gasteiger partial charge in [-0.2, -0.15) is 13.2 Å². The maximum atomic E-state index is 12.6. The molecule has 4 heteroatoms. The molecule has 0 nitrogen and oxygen atoms in total. The molecule has 0 radical (unpaired) electrons. The summed E-state index contributed by atoms with van der Waals surface area (Å²) in [6.45, 7) is 1.45. The molecule has 88 valence electrons. The molecule has 0 aromatic heterocycles. The fraction of sp³-hybridized carbons (Fsp3) is 0.333. The third-order valence-corrected chi connectivity index (χ3v) is 2.37. The average molecular weight is 249 g/mol. The van der Waals surface area contributed by atoms with Gasteiger partial charge >= 0.3 is 6.18 Å². The molecule has 1 rings (SSSR count). The van der Waals surface area contributed by atoms with Crippen LogP contribution < -0.4 is 0 Å². The van der Waals surface area contributed by atoms with E-state index >= 15 is 0 Å². The zero-order valence-corrected chi connectivity index (χ0v) is 9.57. The van der Waals surface area contributed by atoms with Crippen LogP contribution in [0.5, 0.6) is 0 Å². The number of halogens is 4. The van der Waals surface area contributed by atoms with Crippen LogP contribution in [0.15, 0.2) is 24.3 Å². The second kappa shape index (κ2) is 5.39. The van der Waals surface area contributed by atoms with Gasteiger partial charge in [-0.1, -0.05) is 24.3 Å². The highest BCUT2D eigenvalue weighted by atomic mass is 35.5. The number of alkyl halides is 4. The lowest BCUT2D eigenvalue weighted by Crippen LogP contribution is -2.07. The van der Waals surface area contributed by atoms with E-state index in [1.165, 1.54) is 13.0 Å². The van der Waals surface area contributed by atoms with Crippen LogP contribution in [0.3, 0.4) is 0 Å². The van der Waals surface area contributed by atoms with Gasteiger partial charge in [0.05, 0.1) is 5.56 Å². The lowest BCUT2D eigenvalue weighted by molar-refractivity contribution is -0.138. The highest BCUT2D eigenvalue weighted by Gasteiger charge is 2.32. The fourth-order valence-corrected chi connectivity index (χ4v) is 1.46. The molecule has 0 saturated carbocycles. The predicted molar refractivity (Wildman–Crippen MR) is 60.6 cm³/mol. The first-order valence-corrected chi connectivity index (χ1v) is 5.39. The molecular weight excluding hydrogens is 237 g/mol.